The molecule has 0 aliphatic carbocycles. The fraction of sp³-hybridized carbons (Fsp3) is 0.250. The van der Waals surface area contributed by atoms with Crippen LogP contribution in [0.15, 0.2) is 59.6 Å². The van der Waals surface area contributed by atoms with Crippen molar-refractivity contribution in [2.24, 2.45) is 0 Å². The maximum absolute atomic E-state index is 13.0. The zero-order valence-corrected chi connectivity index (χ0v) is 19.9. The van der Waals surface area contributed by atoms with Crippen LogP contribution >= 0.6 is 0 Å². The number of anilines is 3. The van der Waals surface area contributed by atoms with Crippen molar-refractivity contribution in [3.05, 3.63) is 60.3 Å². The first-order valence-corrected chi connectivity index (χ1v) is 12.6. The molecule has 3 aromatic rings. The number of hydrogen-bond donors (Lipinski definition) is 2. The molecule has 2 aromatic carbocycles. The summed E-state index contributed by atoms with van der Waals surface area (Å²) in [6.45, 7) is 2.79. The molecule has 2 amide bonds. The van der Waals surface area contributed by atoms with Gasteiger partial charge >= 0.3 is 0 Å². The van der Waals surface area contributed by atoms with E-state index in [0.717, 1.165) is 11.1 Å². The van der Waals surface area contributed by atoms with Gasteiger partial charge in [-0.25, -0.2) is 18.4 Å². The summed E-state index contributed by atoms with van der Waals surface area (Å²) in [6.07, 6.45) is 1.81. The second kappa shape index (κ2) is 9.08. The van der Waals surface area contributed by atoms with Crippen LogP contribution in [-0.4, -0.2) is 65.6 Å². The number of piperazine rings is 1. The number of fused-ring (bicyclic) bond motifs is 3. The molecule has 0 unspecified atom stereocenters. The van der Waals surface area contributed by atoms with Gasteiger partial charge in [0.1, 0.15) is 0 Å². The first-order chi connectivity index (χ1) is 16.8. The molecule has 0 atom stereocenters. The van der Waals surface area contributed by atoms with Crippen LogP contribution in [0.1, 0.15) is 12.5 Å². The van der Waals surface area contributed by atoms with Gasteiger partial charge in [-0.1, -0.05) is 18.2 Å². The molecule has 0 bridgehead atoms. The molecule has 5 rings (SSSR count). The summed E-state index contributed by atoms with van der Waals surface area (Å²) < 4.78 is 27.4. The number of carbonyl (C=O) groups is 2. The summed E-state index contributed by atoms with van der Waals surface area (Å²) in [5, 5.41) is 6.00. The van der Waals surface area contributed by atoms with Gasteiger partial charge in [-0.2, -0.15) is 4.31 Å². The van der Waals surface area contributed by atoms with Crippen molar-refractivity contribution in [2.45, 2.75) is 18.2 Å². The Kier molecular flexibility index (Phi) is 5.95. The van der Waals surface area contributed by atoms with Crippen LogP contribution in [0.2, 0.25) is 0 Å². The van der Waals surface area contributed by atoms with Crippen LogP contribution in [0.5, 0.6) is 0 Å². The van der Waals surface area contributed by atoms with Crippen molar-refractivity contribution in [1.29, 1.82) is 0 Å². The van der Waals surface area contributed by atoms with Crippen molar-refractivity contribution >= 4 is 39.2 Å². The Hall–Kier alpha value is -3.83. The highest BCUT2D eigenvalue weighted by atomic mass is 32.2. The van der Waals surface area contributed by atoms with Crippen molar-refractivity contribution in [2.75, 3.05) is 36.8 Å². The lowest BCUT2D eigenvalue weighted by molar-refractivity contribution is -0.130. The summed E-state index contributed by atoms with van der Waals surface area (Å²) >= 11 is 0. The molecule has 0 radical (unpaired) electrons. The monoisotopic (exact) mass is 492 g/mol. The zero-order chi connectivity index (χ0) is 24.6. The van der Waals surface area contributed by atoms with Gasteiger partial charge in [-0.05, 0) is 30.3 Å². The second-order valence-electron chi connectivity index (χ2n) is 8.40. The molecule has 10 nitrogen and oxygen atoms in total. The van der Waals surface area contributed by atoms with Crippen molar-refractivity contribution in [3.8, 4) is 11.3 Å². The lowest BCUT2D eigenvalue weighted by atomic mass is 10.1. The van der Waals surface area contributed by atoms with Gasteiger partial charge in [0.2, 0.25) is 27.8 Å². The smallest absolute Gasteiger partial charge is 0.243 e. The number of benzene rings is 2. The van der Waals surface area contributed by atoms with Gasteiger partial charge in [0.05, 0.1) is 22.7 Å². The predicted octanol–water partition coefficient (Wildman–Crippen LogP) is 2.23. The van der Waals surface area contributed by atoms with Crippen LogP contribution in [0.4, 0.5) is 17.3 Å². The third-order valence-corrected chi connectivity index (χ3v) is 8.02. The van der Waals surface area contributed by atoms with Crippen LogP contribution in [0.25, 0.3) is 11.3 Å². The van der Waals surface area contributed by atoms with Crippen LogP contribution in [0.3, 0.4) is 0 Å². The van der Waals surface area contributed by atoms with E-state index in [-0.39, 0.29) is 36.2 Å². The fourth-order valence-electron chi connectivity index (χ4n) is 4.23. The Bertz CT molecular complexity index is 1400. The number of hydrogen-bond acceptors (Lipinski definition) is 7. The number of para-hydroxylation sites is 1. The molecule has 1 fully saturated rings. The second-order valence-corrected chi connectivity index (χ2v) is 10.3. The SMILES string of the molecule is CC(=O)N1CCN(S(=O)(=O)c2ccc(Nc3ncc4c(n3)-c3ccccc3NC(=O)C4)cc2)CC1. The average Bonchev–Trinajstić information content (AvgIpc) is 2.99. The van der Waals surface area contributed by atoms with E-state index in [9.17, 15) is 18.0 Å². The number of rotatable bonds is 4. The van der Waals surface area contributed by atoms with E-state index < -0.39 is 10.0 Å². The van der Waals surface area contributed by atoms with Gasteiger partial charge in [-0.15, -0.1) is 0 Å². The molecular formula is C24H24N6O4S. The maximum atomic E-state index is 13.0. The van der Waals surface area contributed by atoms with E-state index in [1.165, 1.54) is 23.4 Å². The first-order valence-electron chi connectivity index (χ1n) is 11.2. The van der Waals surface area contributed by atoms with E-state index in [0.29, 0.717) is 36.1 Å². The van der Waals surface area contributed by atoms with Crippen molar-refractivity contribution in [1.82, 2.24) is 19.2 Å². The topological polar surface area (TPSA) is 125 Å². The molecule has 35 heavy (non-hydrogen) atoms. The third-order valence-electron chi connectivity index (χ3n) is 6.10. The summed E-state index contributed by atoms with van der Waals surface area (Å²) in [6, 6.07) is 13.9. The average molecular weight is 493 g/mol. The Morgan fingerprint density at radius 1 is 1.03 bits per heavy atom. The minimum absolute atomic E-state index is 0.0520. The Balaban J connectivity index is 1.34. The molecule has 180 valence electrons. The van der Waals surface area contributed by atoms with Crippen molar-refractivity contribution < 1.29 is 18.0 Å². The molecule has 0 saturated carbocycles. The summed E-state index contributed by atoms with van der Waals surface area (Å²) in [5.41, 5.74) is 3.52. The van der Waals surface area contributed by atoms with Gasteiger partial charge in [0.15, 0.2) is 0 Å². The van der Waals surface area contributed by atoms with Gasteiger partial charge in [-0.3, -0.25) is 9.59 Å². The normalized spacial score (nSPS) is 16.0. The summed E-state index contributed by atoms with van der Waals surface area (Å²) in [4.78, 5) is 34.5. The first kappa shape index (κ1) is 22.9. The standard InChI is InChI=1S/C24H24N6O4S/c1-16(31)29-10-12-30(13-11-29)35(33,34)19-8-6-18(7-9-19)26-24-25-15-17-14-22(32)27-21-5-3-2-4-20(21)23(17)28-24/h2-9,15H,10-14H2,1H3,(H,27,32)(H,25,26,28). The molecule has 1 saturated heterocycles. The van der Waals surface area contributed by atoms with E-state index >= 15 is 0 Å². The minimum atomic E-state index is -3.66. The van der Waals surface area contributed by atoms with Crippen molar-refractivity contribution in [3.63, 3.8) is 0 Å². The van der Waals surface area contributed by atoms with Crippen LogP contribution in [0, 0.1) is 0 Å². The summed E-state index contributed by atoms with van der Waals surface area (Å²) in [5.74, 6) is 0.160. The van der Waals surface area contributed by atoms with E-state index in [1.54, 1.807) is 23.2 Å². The van der Waals surface area contributed by atoms with Gasteiger partial charge in [0, 0.05) is 56.1 Å². The molecule has 0 spiro atoms. The minimum Gasteiger partial charge on any atom is -0.340 e. The highest BCUT2D eigenvalue weighted by Crippen LogP contribution is 2.33. The molecular weight excluding hydrogens is 468 g/mol. The number of carbonyl (C=O) groups excluding carboxylic acids is 2. The number of nitrogens with one attached hydrogen (secondary N) is 2. The fourth-order valence-corrected chi connectivity index (χ4v) is 5.65. The third kappa shape index (κ3) is 4.60. The van der Waals surface area contributed by atoms with Gasteiger partial charge < -0.3 is 15.5 Å². The molecule has 2 aliphatic heterocycles. The predicted molar refractivity (Wildman–Crippen MR) is 131 cm³/mol. The Morgan fingerprint density at radius 3 is 2.46 bits per heavy atom. The number of sulfonamides is 1. The van der Waals surface area contributed by atoms with Gasteiger partial charge in [0.25, 0.3) is 0 Å². The Labute approximate surface area is 203 Å². The van der Waals surface area contributed by atoms with Crippen LogP contribution < -0.4 is 10.6 Å². The maximum Gasteiger partial charge on any atom is 0.243 e. The summed E-state index contributed by atoms with van der Waals surface area (Å²) in [7, 11) is -3.66. The Morgan fingerprint density at radius 2 is 1.74 bits per heavy atom. The lowest BCUT2D eigenvalue weighted by Gasteiger charge is -2.33. The quantitative estimate of drug-likeness (QED) is 0.572. The van der Waals surface area contributed by atoms with E-state index in [1.807, 2.05) is 24.3 Å². The highest BCUT2D eigenvalue weighted by molar-refractivity contribution is 7.89. The lowest BCUT2D eigenvalue weighted by Crippen LogP contribution is -2.49. The molecule has 2 aliphatic rings. The highest BCUT2D eigenvalue weighted by Gasteiger charge is 2.29. The molecule has 3 heterocycles. The molecule has 2 N–H and O–H groups in total. The molecule has 1 aromatic heterocycles. The number of nitrogens with zero attached hydrogens (tertiary/aromatic N) is 4. The van der Waals surface area contributed by atoms with Crippen LogP contribution in [-0.2, 0) is 26.0 Å². The van der Waals surface area contributed by atoms with E-state index in [4.69, 9.17) is 0 Å². The van der Waals surface area contributed by atoms with E-state index in [2.05, 4.69) is 20.6 Å². The zero-order valence-electron chi connectivity index (χ0n) is 19.1. The largest absolute Gasteiger partial charge is 0.340 e. The number of amides is 2. The number of aromatic nitrogens is 2. The molecule has 11 heteroatoms.